The van der Waals surface area contributed by atoms with Crippen molar-refractivity contribution >= 4 is 84.0 Å². The van der Waals surface area contributed by atoms with Gasteiger partial charge >= 0.3 is 48.7 Å². The average Bonchev–Trinajstić information content (AvgIpc) is 0.941. The van der Waals surface area contributed by atoms with Gasteiger partial charge in [-0.25, -0.2) is 42.7 Å². The molecule has 0 aromatic carbocycles. The Morgan fingerprint density at radius 1 is 0.450 bits per heavy atom. The van der Waals surface area contributed by atoms with Crippen LogP contribution in [0.5, 0.6) is 0 Å². The third-order valence-electron chi connectivity index (χ3n) is 34.2. The Bertz CT molecular complexity index is 4900. The van der Waals surface area contributed by atoms with E-state index in [4.69, 9.17) is 77.2 Å². The van der Waals surface area contributed by atoms with Crippen LogP contribution in [0.3, 0.4) is 0 Å². The summed E-state index contributed by atoms with van der Waals surface area (Å²) < 4.78 is 65.6. The summed E-state index contributed by atoms with van der Waals surface area (Å²) >= 11 is 5.92. The predicted molar refractivity (Wildman–Crippen MR) is 504 cm³/mol. The standard InChI is InChI=1S/C28H40N4O5.C27H37FN4O5.C24H31ClN4O5.C23H35N3O6/c1-17-6-5-7-21(30-17)15-32(26(35)37-27(2,3)4)22-8-9-31(16-22)25(34)36-23-19-10-18-11-20(23)14-28(12-18,13-19)24(29)33;1-26(2,3)37-25(35)32(14-17-8-20(28)13-30-12-17)21-4-5-31(15-21)24(34)36-22-18-6-16-7-19(22)11-27(9-16,10-18)23(29)33;1-28(22(31)33-13-15-6-18(25)11-27-10-15)19-2-3-29(12-19)23(32)34-20-16-4-14-5-17(20)9-24(7-14,8-16)21(26)30;1-25(21(28)31-13-18-3-2-6-30-18)17-4-5-26(12-17)22(29)32-19-15-7-14-8-16(19)11-23(9-14,10-15)20(24)27/h5-7,18-20,22-23H,8-16H2,1-4H3,(H2,29,33);8,12-13,16,18-19,21-22H,4-7,9-11,14-15H2,1-3H3,(H2,29,33);6,10-11,14,16-17,19-20H,2-5,7-9,12-13H2,1H3,(H2,26,30);14-19H,2-13H2,1H3,(H2,24,27)/t18?,19?,20?,22-,23?,28?;16?,18?,19?,21-,22?,27?;14?,16?,17?,19-,20?,24?;14?,15?,16?,17-,18?,19?,23?/m1111/s1. The van der Waals surface area contributed by atoms with Gasteiger partial charge in [0.25, 0.3) is 0 Å². The number of nitrogens with two attached hydrogens (primary N) is 4. The molecule has 766 valence electrons. The molecule has 38 heteroatoms. The Balaban J connectivity index is 0.000000129. The third kappa shape index (κ3) is 22.4. The SMILES string of the molecule is CC(C)(C)OC(=O)N(Cc1cncc(F)c1)[C@@H]1CCN(C(=O)OC2C3CC4CC2CC(C(N)=O)(C4)C3)C1.CN(C(=O)OCC1CCCO1)[C@@H]1CCN(C(=O)OC2C3CC4CC2CC(C(N)=O)(C4)C3)C1.CN(C(=O)OCc1cncc(Cl)c1)[C@@H]1CCN(C(=O)OC2C3CC4CC2CC(C(N)=O)(C4)C3)C1.Cc1cccc(CN(C(=O)OC(C)(C)C)[C@@H]2CCN(C(=O)OC3C4CC5CC3CC(C(N)=O)(C5)C4)C2)n1. The lowest BCUT2D eigenvalue weighted by Gasteiger charge is -2.58. The fourth-order valence-electron chi connectivity index (χ4n) is 28.5. The zero-order valence-corrected chi connectivity index (χ0v) is 83.2. The minimum atomic E-state index is -0.700. The lowest BCUT2D eigenvalue weighted by molar-refractivity contribution is -0.162. The van der Waals surface area contributed by atoms with Gasteiger partial charge in [0.05, 0.1) is 81.9 Å². The zero-order chi connectivity index (χ0) is 99.6. The molecule has 5 aliphatic heterocycles. The van der Waals surface area contributed by atoms with Crippen molar-refractivity contribution in [1.29, 1.82) is 0 Å². The van der Waals surface area contributed by atoms with Crippen LogP contribution in [-0.4, -0.2) is 272 Å². The minimum absolute atomic E-state index is 0.00270. The van der Waals surface area contributed by atoms with Crippen LogP contribution in [0.25, 0.3) is 0 Å². The zero-order valence-electron chi connectivity index (χ0n) is 82.5. The van der Waals surface area contributed by atoms with Gasteiger partial charge in [-0.15, -0.1) is 0 Å². The summed E-state index contributed by atoms with van der Waals surface area (Å²) in [6.07, 6.45) is 23.8. The molecular weight excluding hydrogens is 1830 g/mol. The van der Waals surface area contributed by atoms with E-state index < -0.39 is 51.5 Å². The van der Waals surface area contributed by atoms with Crippen molar-refractivity contribution in [1.82, 2.24) is 54.2 Å². The number of aromatic nitrogens is 3. The highest BCUT2D eigenvalue weighted by atomic mass is 35.5. The summed E-state index contributed by atoms with van der Waals surface area (Å²) in [5.41, 5.74) is 23.1. The van der Waals surface area contributed by atoms with Crippen molar-refractivity contribution in [3.05, 3.63) is 88.5 Å². The number of carbonyl (C=O) groups is 12. The van der Waals surface area contributed by atoms with Gasteiger partial charge < -0.3 is 95.0 Å². The molecule has 8 heterocycles. The van der Waals surface area contributed by atoms with E-state index in [1.807, 2.05) is 45.9 Å². The van der Waals surface area contributed by atoms with Crippen LogP contribution in [0.2, 0.25) is 5.02 Å². The van der Waals surface area contributed by atoms with E-state index >= 15 is 0 Å². The van der Waals surface area contributed by atoms with Crippen molar-refractivity contribution in [2.75, 3.05) is 79.7 Å². The molecule has 36 nitrogen and oxygen atoms in total. The van der Waals surface area contributed by atoms with Crippen LogP contribution >= 0.6 is 11.6 Å². The number of pyridine rings is 3. The molecule has 8 N–H and O–H groups in total. The number of primary amides is 4. The first-order valence-corrected chi connectivity index (χ1v) is 51.3. The lowest BCUT2D eigenvalue weighted by Crippen LogP contribution is -2.59. The average molecular weight is 1970 g/mol. The molecule has 21 fully saturated rings. The van der Waals surface area contributed by atoms with E-state index in [1.165, 1.54) is 23.4 Å². The topological polar surface area (TPSA) is 457 Å². The van der Waals surface area contributed by atoms with Crippen molar-refractivity contribution in [3.63, 3.8) is 0 Å². The number of hydrogen-bond donors (Lipinski definition) is 4. The number of halogens is 2. The highest BCUT2D eigenvalue weighted by Crippen LogP contribution is 2.65. The molecule has 12 amide bonds. The second kappa shape index (κ2) is 40.8. The number of hydrogen-bond acceptors (Lipinski definition) is 24. The van der Waals surface area contributed by atoms with Gasteiger partial charge in [-0.1, -0.05) is 17.7 Å². The number of ether oxygens (including phenoxy) is 9. The molecule has 13 atom stereocenters. The second-order valence-electron chi connectivity index (χ2n) is 46.4. The van der Waals surface area contributed by atoms with Crippen molar-refractivity contribution < 1.29 is 105 Å². The molecule has 9 unspecified atom stereocenters. The molecule has 3 aromatic rings. The lowest BCUT2D eigenvalue weighted by atomic mass is 9.48. The molecule has 16 bridgehead atoms. The number of carbonyl (C=O) groups excluding carboxylic acids is 12. The van der Waals surface area contributed by atoms with Gasteiger partial charge in [-0.2, -0.15) is 0 Å². The summed E-state index contributed by atoms with van der Waals surface area (Å²) in [5, 5.41) is 0.482. The third-order valence-corrected chi connectivity index (χ3v) is 34.4. The molecule has 24 rings (SSSR count). The molecule has 5 saturated heterocycles. The summed E-state index contributed by atoms with van der Waals surface area (Å²) in [6.45, 7) is 17.9. The largest absolute Gasteiger partial charge is 0.447 e. The molecule has 0 spiro atoms. The number of likely N-dealkylation sites (tertiary alicyclic amines) is 4. The highest BCUT2D eigenvalue weighted by molar-refractivity contribution is 6.30. The van der Waals surface area contributed by atoms with Gasteiger partial charge in [0.2, 0.25) is 23.6 Å². The van der Waals surface area contributed by atoms with Crippen molar-refractivity contribution in [2.45, 2.75) is 301 Å². The van der Waals surface area contributed by atoms with Crippen LogP contribution in [0.4, 0.5) is 42.7 Å². The fourth-order valence-corrected chi connectivity index (χ4v) is 28.7. The first-order valence-electron chi connectivity index (χ1n) is 51.0. The van der Waals surface area contributed by atoms with E-state index in [0.717, 1.165) is 153 Å². The normalized spacial score (nSPS) is 34.4. The van der Waals surface area contributed by atoms with E-state index in [2.05, 4.69) is 15.0 Å². The van der Waals surface area contributed by atoms with Crippen molar-refractivity contribution in [3.8, 4) is 0 Å². The number of aryl methyl sites for hydroxylation is 1. The quantitative estimate of drug-likeness (QED) is 0.0763. The maximum absolute atomic E-state index is 13.8. The predicted octanol–water partition coefficient (Wildman–Crippen LogP) is 13.2. The van der Waals surface area contributed by atoms with Crippen LogP contribution < -0.4 is 22.9 Å². The first kappa shape index (κ1) is 101. The van der Waals surface area contributed by atoms with Crippen LogP contribution in [0.15, 0.2) is 55.1 Å². The summed E-state index contributed by atoms with van der Waals surface area (Å²) in [7, 11) is 3.40. The number of likely N-dealkylation sites (N-methyl/N-ethyl adjacent to an activating group) is 2. The second-order valence-corrected chi connectivity index (χ2v) is 46.8. The van der Waals surface area contributed by atoms with Crippen LogP contribution in [-0.2, 0) is 81.5 Å². The Hall–Kier alpha value is -10.3. The molecular formula is C102H143ClFN15O21. The maximum Gasteiger partial charge on any atom is 0.410 e. The van der Waals surface area contributed by atoms with Gasteiger partial charge in [-0.05, 0) is 316 Å². The van der Waals surface area contributed by atoms with Gasteiger partial charge in [0, 0.05) is 103 Å². The Morgan fingerprint density at radius 3 is 1.14 bits per heavy atom. The first-order chi connectivity index (χ1) is 66.4. The number of nitrogens with zero attached hydrogens (tertiary/aromatic N) is 11. The molecule has 3 aromatic heterocycles. The summed E-state index contributed by atoms with van der Waals surface area (Å²) in [5.74, 6) is 2.38. The van der Waals surface area contributed by atoms with Crippen LogP contribution in [0, 0.1) is 105 Å². The monoisotopic (exact) mass is 1970 g/mol. The maximum atomic E-state index is 13.8. The molecule has 140 heavy (non-hydrogen) atoms. The van der Waals surface area contributed by atoms with E-state index in [1.54, 1.807) is 81.4 Å². The van der Waals surface area contributed by atoms with Gasteiger partial charge in [-0.3, -0.25) is 43.9 Å². The van der Waals surface area contributed by atoms with E-state index in [9.17, 15) is 61.9 Å². The fraction of sp³-hybridized carbons (Fsp3) is 0.735. The molecule has 16 saturated carbocycles. The molecule has 16 aliphatic carbocycles. The number of rotatable bonds is 20. The minimum Gasteiger partial charge on any atom is -0.447 e. The van der Waals surface area contributed by atoms with Crippen LogP contribution in [0.1, 0.15) is 231 Å². The Morgan fingerprint density at radius 2 is 0.800 bits per heavy atom. The summed E-state index contributed by atoms with van der Waals surface area (Å²) in [6, 6.07) is 8.06. The van der Waals surface area contributed by atoms with Gasteiger partial charge in [0.1, 0.15) is 54.6 Å². The summed E-state index contributed by atoms with van der Waals surface area (Å²) in [4.78, 5) is 178. The van der Waals surface area contributed by atoms with Gasteiger partial charge in [0.15, 0.2) is 0 Å². The molecule has 0 radical (unpaired) electrons. The van der Waals surface area contributed by atoms with Crippen molar-refractivity contribution in [2.24, 2.45) is 116 Å². The molecule has 21 aliphatic rings. The Labute approximate surface area is 823 Å². The smallest absolute Gasteiger partial charge is 0.410 e. The van der Waals surface area contributed by atoms with E-state index in [0.29, 0.717) is 137 Å². The van der Waals surface area contributed by atoms with E-state index in [-0.39, 0.29) is 181 Å². The highest BCUT2D eigenvalue weighted by Gasteiger charge is 2.64. The Kier molecular flexibility index (Phi) is 29.5. The number of amides is 12.